The Morgan fingerprint density at radius 3 is 2.52 bits per heavy atom. The first-order valence-electron chi connectivity index (χ1n) is 6.66. The predicted molar refractivity (Wildman–Crippen MR) is 72.5 cm³/mol. The summed E-state index contributed by atoms with van der Waals surface area (Å²) >= 11 is 0. The molecule has 1 atom stereocenters. The van der Waals surface area contributed by atoms with Gasteiger partial charge in [-0.25, -0.2) is 0 Å². The van der Waals surface area contributed by atoms with Crippen molar-refractivity contribution in [3.8, 4) is 11.5 Å². The van der Waals surface area contributed by atoms with Gasteiger partial charge in [0, 0.05) is 13.1 Å². The first-order valence-corrected chi connectivity index (χ1v) is 6.66. The summed E-state index contributed by atoms with van der Waals surface area (Å²) in [5.41, 5.74) is 0.832. The zero-order valence-corrected chi connectivity index (χ0v) is 12.0. The van der Waals surface area contributed by atoms with Gasteiger partial charge >= 0.3 is 6.18 Å². The lowest BCUT2D eigenvalue weighted by molar-refractivity contribution is -0.153. The number of alkyl halides is 3. The number of nitrogens with one attached hydrogen (secondary N) is 1. The lowest BCUT2D eigenvalue weighted by Gasteiger charge is -2.15. The topological polar surface area (TPSA) is 50.7 Å². The van der Waals surface area contributed by atoms with Crippen LogP contribution in [0, 0.1) is 0 Å². The van der Waals surface area contributed by atoms with Gasteiger partial charge in [-0.15, -0.1) is 0 Å². The molecule has 120 valence electrons. The number of hydrogen-bond donors (Lipinski definition) is 2. The summed E-state index contributed by atoms with van der Waals surface area (Å²) in [6.07, 6.45) is -4.85. The first kappa shape index (κ1) is 17.6. The van der Waals surface area contributed by atoms with Crippen molar-refractivity contribution in [3.05, 3.63) is 23.8 Å². The third-order valence-electron chi connectivity index (χ3n) is 2.47. The Bertz CT molecular complexity index is 436. The number of aliphatic hydroxyl groups is 1. The second kappa shape index (κ2) is 8.09. The van der Waals surface area contributed by atoms with Crippen LogP contribution in [0.4, 0.5) is 13.2 Å². The Hall–Kier alpha value is -1.47. The summed E-state index contributed by atoms with van der Waals surface area (Å²) in [5, 5.41) is 12.2. The van der Waals surface area contributed by atoms with Gasteiger partial charge in [-0.2, -0.15) is 13.2 Å². The van der Waals surface area contributed by atoms with E-state index in [1.807, 2.05) is 0 Å². The molecule has 0 radical (unpaired) electrons. The number of ether oxygens (including phenoxy) is 2. The Kier molecular flexibility index (Phi) is 6.77. The van der Waals surface area contributed by atoms with Crippen LogP contribution in [0.25, 0.3) is 0 Å². The highest BCUT2D eigenvalue weighted by Gasteiger charge is 2.29. The molecule has 0 aliphatic carbocycles. The molecular weight excluding hydrogens is 287 g/mol. The van der Waals surface area contributed by atoms with Gasteiger partial charge in [0.15, 0.2) is 18.1 Å². The van der Waals surface area contributed by atoms with Crippen LogP contribution in [0.2, 0.25) is 0 Å². The third kappa shape index (κ3) is 7.19. The number of benzene rings is 1. The number of halogens is 3. The molecule has 0 aromatic heterocycles. The van der Waals surface area contributed by atoms with E-state index in [9.17, 15) is 13.2 Å². The largest absolute Gasteiger partial charge is 0.490 e. The van der Waals surface area contributed by atoms with E-state index in [1.165, 1.54) is 6.07 Å². The van der Waals surface area contributed by atoms with Crippen LogP contribution in [0.15, 0.2) is 18.2 Å². The van der Waals surface area contributed by atoms with E-state index < -0.39 is 18.9 Å². The molecule has 0 aliphatic rings. The Morgan fingerprint density at radius 2 is 1.95 bits per heavy atom. The van der Waals surface area contributed by atoms with Crippen molar-refractivity contribution in [2.24, 2.45) is 0 Å². The van der Waals surface area contributed by atoms with Gasteiger partial charge in [-0.05, 0) is 31.5 Å². The molecule has 21 heavy (non-hydrogen) atoms. The second-order valence-corrected chi connectivity index (χ2v) is 4.60. The molecule has 1 unspecified atom stereocenters. The zero-order chi connectivity index (χ0) is 15.9. The SMILES string of the molecule is CCOc1cc(CNCC(C)O)ccc1OCC(F)(F)F. The molecule has 0 bridgehead atoms. The van der Waals surface area contributed by atoms with Gasteiger partial charge in [0.05, 0.1) is 12.7 Å². The molecule has 0 amide bonds. The van der Waals surface area contributed by atoms with Crippen molar-refractivity contribution in [3.63, 3.8) is 0 Å². The number of hydrogen-bond acceptors (Lipinski definition) is 4. The minimum absolute atomic E-state index is 0.0634. The summed E-state index contributed by atoms with van der Waals surface area (Å²) in [5.74, 6) is 0.339. The Morgan fingerprint density at radius 1 is 1.24 bits per heavy atom. The van der Waals surface area contributed by atoms with Gasteiger partial charge in [0.25, 0.3) is 0 Å². The van der Waals surface area contributed by atoms with Crippen LogP contribution in [-0.4, -0.2) is 37.1 Å². The first-order chi connectivity index (χ1) is 9.81. The third-order valence-corrected chi connectivity index (χ3v) is 2.47. The predicted octanol–water partition coefficient (Wildman–Crippen LogP) is 2.50. The molecule has 0 heterocycles. The van der Waals surface area contributed by atoms with Gasteiger partial charge in [-0.1, -0.05) is 6.07 Å². The van der Waals surface area contributed by atoms with Crippen molar-refractivity contribution in [1.29, 1.82) is 0 Å². The van der Waals surface area contributed by atoms with Crippen molar-refractivity contribution >= 4 is 0 Å². The molecule has 0 saturated carbocycles. The molecule has 7 heteroatoms. The monoisotopic (exact) mass is 307 g/mol. The second-order valence-electron chi connectivity index (χ2n) is 4.60. The van der Waals surface area contributed by atoms with Crippen molar-refractivity contribution in [2.75, 3.05) is 19.8 Å². The van der Waals surface area contributed by atoms with E-state index in [1.54, 1.807) is 26.0 Å². The summed E-state index contributed by atoms with van der Waals surface area (Å²) < 4.78 is 46.6. The van der Waals surface area contributed by atoms with E-state index in [4.69, 9.17) is 14.6 Å². The highest BCUT2D eigenvalue weighted by Crippen LogP contribution is 2.30. The highest BCUT2D eigenvalue weighted by atomic mass is 19.4. The quantitative estimate of drug-likeness (QED) is 0.775. The van der Waals surface area contributed by atoms with Crippen LogP contribution in [-0.2, 0) is 6.54 Å². The molecule has 1 rings (SSSR count). The Labute approximate surface area is 121 Å². The smallest absolute Gasteiger partial charge is 0.422 e. The van der Waals surface area contributed by atoms with Crippen LogP contribution in [0.3, 0.4) is 0 Å². The summed E-state index contributed by atoms with van der Waals surface area (Å²) in [6, 6.07) is 4.74. The van der Waals surface area contributed by atoms with Crippen molar-refractivity contribution in [1.82, 2.24) is 5.32 Å². The molecule has 1 aromatic carbocycles. The molecule has 0 saturated heterocycles. The van der Waals surface area contributed by atoms with E-state index in [2.05, 4.69) is 5.32 Å². The Balaban J connectivity index is 2.71. The van der Waals surface area contributed by atoms with E-state index in [-0.39, 0.29) is 11.5 Å². The molecule has 4 nitrogen and oxygen atoms in total. The van der Waals surface area contributed by atoms with Crippen LogP contribution in [0.5, 0.6) is 11.5 Å². The minimum atomic E-state index is -4.39. The van der Waals surface area contributed by atoms with Crippen molar-refractivity contribution < 1.29 is 27.8 Å². The maximum Gasteiger partial charge on any atom is 0.422 e. The maximum absolute atomic E-state index is 12.2. The van der Waals surface area contributed by atoms with Crippen molar-refractivity contribution in [2.45, 2.75) is 32.7 Å². The van der Waals surface area contributed by atoms with Crippen LogP contribution < -0.4 is 14.8 Å². The van der Waals surface area contributed by atoms with Gasteiger partial charge in [0.1, 0.15) is 0 Å². The fourth-order valence-corrected chi connectivity index (χ4v) is 1.63. The number of aliphatic hydroxyl groups excluding tert-OH is 1. The summed E-state index contributed by atoms with van der Waals surface area (Å²) in [4.78, 5) is 0. The maximum atomic E-state index is 12.2. The number of rotatable bonds is 8. The van der Waals surface area contributed by atoms with Gasteiger partial charge in [0.2, 0.25) is 0 Å². The average molecular weight is 307 g/mol. The molecule has 0 aliphatic heterocycles. The summed E-state index contributed by atoms with van der Waals surface area (Å²) in [6.45, 7) is 3.28. The van der Waals surface area contributed by atoms with Gasteiger partial charge < -0.3 is 19.9 Å². The molecule has 0 fully saturated rings. The van der Waals surface area contributed by atoms with Gasteiger partial charge in [-0.3, -0.25) is 0 Å². The molecule has 1 aromatic rings. The summed E-state index contributed by atoms with van der Waals surface area (Å²) in [7, 11) is 0. The molecule has 2 N–H and O–H groups in total. The van der Waals surface area contributed by atoms with E-state index in [0.717, 1.165) is 5.56 Å². The van der Waals surface area contributed by atoms with E-state index in [0.29, 0.717) is 19.7 Å². The molecular formula is C14H20F3NO3. The molecule has 0 spiro atoms. The highest BCUT2D eigenvalue weighted by molar-refractivity contribution is 5.43. The fraction of sp³-hybridized carbons (Fsp3) is 0.571. The fourth-order valence-electron chi connectivity index (χ4n) is 1.63. The normalized spacial score (nSPS) is 13.0. The average Bonchev–Trinajstić information content (AvgIpc) is 2.36. The van der Waals surface area contributed by atoms with E-state index >= 15 is 0 Å². The van der Waals surface area contributed by atoms with Crippen LogP contribution in [0.1, 0.15) is 19.4 Å². The standard InChI is InChI=1S/C14H20F3NO3/c1-3-20-13-6-11(8-18-7-10(2)19)4-5-12(13)21-9-14(15,16)17/h4-6,10,18-19H,3,7-9H2,1-2H3. The minimum Gasteiger partial charge on any atom is -0.490 e. The lowest BCUT2D eigenvalue weighted by Crippen LogP contribution is -2.23. The van der Waals surface area contributed by atoms with Crippen LogP contribution >= 0.6 is 0 Å². The zero-order valence-electron chi connectivity index (χ0n) is 12.0. The lowest BCUT2D eigenvalue weighted by atomic mass is 10.2.